The predicted molar refractivity (Wildman–Crippen MR) is 71.9 cm³/mol. The minimum atomic E-state index is -0.620. The molecule has 5 heteroatoms. The molecule has 0 aliphatic carbocycles. The first-order valence-corrected chi connectivity index (χ1v) is 6.12. The van der Waals surface area contributed by atoms with Crippen molar-refractivity contribution in [3.63, 3.8) is 0 Å². The molecule has 0 saturated heterocycles. The molecule has 0 fully saturated rings. The standard InChI is InChI=1S/C14H8Cl2FNO/c15-12-2-1-3-13(16)11(12)8-19-10-5-4-9(7-18)14(17)6-10/h1-6H,8H2. The first-order chi connectivity index (χ1) is 9.11. The monoisotopic (exact) mass is 295 g/mol. The summed E-state index contributed by atoms with van der Waals surface area (Å²) in [7, 11) is 0. The fourth-order valence-electron chi connectivity index (χ4n) is 1.50. The van der Waals surface area contributed by atoms with Crippen molar-refractivity contribution < 1.29 is 9.13 Å². The second-order valence-electron chi connectivity index (χ2n) is 3.74. The third-order valence-electron chi connectivity index (χ3n) is 2.51. The summed E-state index contributed by atoms with van der Waals surface area (Å²) < 4.78 is 18.8. The SMILES string of the molecule is N#Cc1ccc(OCc2c(Cl)cccc2Cl)cc1F. The van der Waals surface area contributed by atoms with Crippen molar-refractivity contribution in [2.24, 2.45) is 0 Å². The lowest BCUT2D eigenvalue weighted by molar-refractivity contribution is 0.304. The first kappa shape index (κ1) is 13.7. The molecule has 0 heterocycles. The van der Waals surface area contributed by atoms with Crippen LogP contribution in [0.25, 0.3) is 0 Å². The third kappa shape index (κ3) is 3.17. The van der Waals surface area contributed by atoms with E-state index < -0.39 is 5.82 Å². The average molecular weight is 296 g/mol. The van der Waals surface area contributed by atoms with Gasteiger partial charge in [0.05, 0.1) is 5.56 Å². The molecule has 0 radical (unpaired) electrons. The molecular weight excluding hydrogens is 288 g/mol. The topological polar surface area (TPSA) is 33.0 Å². The van der Waals surface area contributed by atoms with Crippen molar-refractivity contribution in [2.75, 3.05) is 0 Å². The Bertz CT molecular complexity index is 632. The zero-order valence-electron chi connectivity index (χ0n) is 9.66. The largest absolute Gasteiger partial charge is 0.489 e. The number of hydrogen-bond donors (Lipinski definition) is 0. The van der Waals surface area contributed by atoms with E-state index in [1.807, 2.05) is 0 Å². The highest BCUT2D eigenvalue weighted by Crippen LogP contribution is 2.26. The van der Waals surface area contributed by atoms with Crippen LogP contribution >= 0.6 is 23.2 Å². The molecule has 0 aliphatic rings. The molecule has 2 aromatic carbocycles. The minimum absolute atomic E-state index is 0.0249. The fourth-order valence-corrected chi connectivity index (χ4v) is 2.01. The highest BCUT2D eigenvalue weighted by molar-refractivity contribution is 6.35. The van der Waals surface area contributed by atoms with E-state index in [1.165, 1.54) is 12.1 Å². The maximum atomic E-state index is 13.4. The molecule has 0 aromatic heterocycles. The van der Waals surface area contributed by atoms with Gasteiger partial charge in [-0.3, -0.25) is 0 Å². The van der Waals surface area contributed by atoms with E-state index in [0.29, 0.717) is 21.4 Å². The highest BCUT2D eigenvalue weighted by Gasteiger charge is 2.08. The van der Waals surface area contributed by atoms with Gasteiger partial charge in [-0.2, -0.15) is 5.26 Å². The van der Waals surface area contributed by atoms with Crippen molar-refractivity contribution in [1.29, 1.82) is 5.26 Å². The number of benzene rings is 2. The number of hydrogen-bond acceptors (Lipinski definition) is 2. The van der Waals surface area contributed by atoms with Crippen molar-refractivity contribution in [2.45, 2.75) is 6.61 Å². The lowest BCUT2D eigenvalue weighted by Crippen LogP contribution is -1.98. The van der Waals surface area contributed by atoms with Gasteiger partial charge in [-0.15, -0.1) is 0 Å². The molecule has 2 nitrogen and oxygen atoms in total. The van der Waals surface area contributed by atoms with E-state index in [0.717, 1.165) is 6.07 Å². The average Bonchev–Trinajstić information content (AvgIpc) is 2.38. The molecule has 0 unspecified atom stereocenters. The number of halogens is 3. The van der Waals surface area contributed by atoms with Gasteiger partial charge in [0.15, 0.2) is 0 Å². The van der Waals surface area contributed by atoms with Crippen LogP contribution in [0.2, 0.25) is 10.0 Å². The summed E-state index contributed by atoms with van der Waals surface area (Å²) in [5.41, 5.74) is 0.610. The quantitative estimate of drug-likeness (QED) is 0.830. The van der Waals surface area contributed by atoms with Gasteiger partial charge >= 0.3 is 0 Å². The van der Waals surface area contributed by atoms with Gasteiger partial charge in [0, 0.05) is 21.7 Å². The Labute approximate surface area is 119 Å². The lowest BCUT2D eigenvalue weighted by Gasteiger charge is -2.09. The Morgan fingerprint density at radius 1 is 1.16 bits per heavy atom. The van der Waals surface area contributed by atoms with E-state index in [-0.39, 0.29) is 12.2 Å². The van der Waals surface area contributed by atoms with Crippen LogP contribution in [-0.2, 0) is 6.61 Å². The van der Waals surface area contributed by atoms with Crippen LogP contribution in [0.1, 0.15) is 11.1 Å². The normalized spacial score (nSPS) is 10.0. The Morgan fingerprint density at radius 3 is 2.42 bits per heavy atom. The lowest BCUT2D eigenvalue weighted by atomic mass is 10.2. The molecule has 96 valence electrons. The number of rotatable bonds is 3. The summed E-state index contributed by atoms with van der Waals surface area (Å²) in [5.74, 6) is -0.308. The maximum absolute atomic E-state index is 13.4. The number of nitrogens with zero attached hydrogens (tertiary/aromatic N) is 1. The molecule has 0 spiro atoms. The molecule has 2 aromatic rings. The Morgan fingerprint density at radius 2 is 1.84 bits per heavy atom. The Hall–Kier alpha value is -1.76. The van der Waals surface area contributed by atoms with Gasteiger partial charge in [0.1, 0.15) is 24.2 Å². The fraction of sp³-hybridized carbons (Fsp3) is 0.0714. The summed E-state index contributed by atoms with van der Waals surface area (Å²) in [6.45, 7) is 0.129. The Balaban J connectivity index is 2.15. The van der Waals surface area contributed by atoms with Crippen molar-refractivity contribution in [3.8, 4) is 11.8 Å². The number of nitriles is 1. The zero-order chi connectivity index (χ0) is 13.8. The van der Waals surface area contributed by atoms with E-state index in [4.69, 9.17) is 33.2 Å². The zero-order valence-corrected chi connectivity index (χ0v) is 11.2. The van der Waals surface area contributed by atoms with E-state index in [9.17, 15) is 4.39 Å². The summed E-state index contributed by atoms with van der Waals surface area (Å²) in [6, 6.07) is 10.9. The van der Waals surface area contributed by atoms with Crippen LogP contribution in [0.15, 0.2) is 36.4 Å². The molecule has 0 bridgehead atoms. The third-order valence-corrected chi connectivity index (χ3v) is 3.21. The van der Waals surface area contributed by atoms with E-state index >= 15 is 0 Å². The van der Waals surface area contributed by atoms with Crippen LogP contribution in [0.3, 0.4) is 0 Å². The molecule has 0 amide bonds. The molecule has 0 atom stereocenters. The van der Waals surface area contributed by atoms with Gasteiger partial charge in [0.2, 0.25) is 0 Å². The molecule has 0 N–H and O–H groups in total. The van der Waals surface area contributed by atoms with Crippen LogP contribution in [0.5, 0.6) is 5.75 Å². The van der Waals surface area contributed by atoms with Gasteiger partial charge in [-0.05, 0) is 24.3 Å². The van der Waals surface area contributed by atoms with Crippen LogP contribution in [0.4, 0.5) is 4.39 Å². The van der Waals surface area contributed by atoms with Gasteiger partial charge in [0.25, 0.3) is 0 Å². The maximum Gasteiger partial charge on any atom is 0.144 e. The Kier molecular flexibility index (Phi) is 4.26. The van der Waals surface area contributed by atoms with Gasteiger partial charge in [-0.25, -0.2) is 4.39 Å². The van der Waals surface area contributed by atoms with Crippen LogP contribution < -0.4 is 4.74 Å². The summed E-state index contributed by atoms with van der Waals surface area (Å²) >= 11 is 12.0. The molecule has 0 aliphatic heterocycles. The summed E-state index contributed by atoms with van der Waals surface area (Å²) in [5, 5.41) is 9.60. The van der Waals surface area contributed by atoms with Gasteiger partial charge < -0.3 is 4.74 Å². The van der Waals surface area contributed by atoms with Crippen molar-refractivity contribution in [1.82, 2.24) is 0 Å². The van der Waals surface area contributed by atoms with Crippen LogP contribution in [-0.4, -0.2) is 0 Å². The van der Waals surface area contributed by atoms with Crippen LogP contribution in [0, 0.1) is 17.1 Å². The number of ether oxygens (including phenoxy) is 1. The van der Waals surface area contributed by atoms with Crippen molar-refractivity contribution in [3.05, 3.63) is 63.4 Å². The molecule has 19 heavy (non-hydrogen) atoms. The summed E-state index contributed by atoms with van der Waals surface area (Å²) in [4.78, 5) is 0. The molecular formula is C14H8Cl2FNO. The van der Waals surface area contributed by atoms with E-state index in [2.05, 4.69) is 0 Å². The van der Waals surface area contributed by atoms with E-state index in [1.54, 1.807) is 24.3 Å². The highest BCUT2D eigenvalue weighted by atomic mass is 35.5. The molecule has 0 saturated carbocycles. The van der Waals surface area contributed by atoms with Gasteiger partial charge in [-0.1, -0.05) is 29.3 Å². The second-order valence-corrected chi connectivity index (χ2v) is 4.56. The predicted octanol–water partition coefficient (Wildman–Crippen LogP) is 4.58. The smallest absolute Gasteiger partial charge is 0.144 e. The second kappa shape index (κ2) is 5.92. The summed E-state index contributed by atoms with van der Waals surface area (Å²) in [6.07, 6.45) is 0. The minimum Gasteiger partial charge on any atom is -0.489 e. The molecule has 2 rings (SSSR count). The first-order valence-electron chi connectivity index (χ1n) is 5.37. The van der Waals surface area contributed by atoms with Crippen molar-refractivity contribution >= 4 is 23.2 Å².